The highest BCUT2D eigenvalue weighted by Crippen LogP contribution is 2.14. The van der Waals surface area contributed by atoms with Gasteiger partial charge in [-0.15, -0.1) is 12.4 Å². The number of amides is 1. The van der Waals surface area contributed by atoms with Crippen molar-refractivity contribution < 1.29 is 4.79 Å². The van der Waals surface area contributed by atoms with E-state index in [9.17, 15) is 4.79 Å². The van der Waals surface area contributed by atoms with Crippen molar-refractivity contribution in [2.75, 3.05) is 6.54 Å². The Hall–Kier alpha value is -1.85. The van der Waals surface area contributed by atoms with Crippen molar-refractivity contribution in [2.24, 2.45) is 0 Å². The minimum atomic E-state index is 0. The van der Waals surface area contributed by atoms with Crippen LogP contribution in [0, 0.1) is 0 Å². The van der Waals surface area contributed by atoms with E-state index in [0.29, 0.717) is 18.2 Å². The number of hydrogen-bond donors (Lipinski definition) is 2. The molecular weight excluding hydrogens is 336 g/mol. The summed E-state index contributed by atoms with van der Waals surface area (Å²) in [7, 11) is 0. The summed E-state index contributed by atoms with van der Waals surface area (Å²) in [6.07, 6.45) is 4.46. The van der Waals surface area contributed by atoms with Crippen molar-refractivity contribution >= 4 is 18.3 Å². The second kappa shape index (κ2) is 9.02. The van der Waals surface area contributed by atoms with Gasteiger partial charge in [0.15, 0.2) is 0 Å². The van der Waals surface area contributed by atoms with Crippen LogP contribution in [0.15, 0.2) is 36.5 Å². The first-order valence-corrected chi connectivity index (χ1v) is 8.80. The zero-order valence-corrected chi connectivity index (χ0v) is 15.7. The lowest BCUT2D eigenvalue weighted by Crippen LogP contribution is -2.46. The molecule has 1 saturated heterocycles. The van der Waals surface area contributed by atoms with Crippen LogP contribution < -0.4 is 10.6 Å². The maximum Gasteiger partial charge on any atom is 0.254 e. The van der Waals surface area contributed by atoms with Gasteiger partial charge in [-0.2, -0.15) is 5.10 Å². The number of piperidine rings is 1. The van der Waals surface area contributed by atoms with E-state index >= 15 is 0 Å². The molecular formula is C19H27ClN4O. The first-order valence-electron chi connectivity index (χ1n) is 8.80. The summed E-state index contributed by atoms with van der Waals surface area (Å²) in [5.74, 6) is 0.00487. The number of carbonyl (C=O) groups excluding carboxylic acids is 1. The molecule has 1 aromatic heterocycles. The molecule has 2 atom stereocenters. The Bertz CT molecular complexity index is 686. The summed E-state index contributed by atoms with van der Waals surface area (Å²) in [5.41, 5.74) is 2.90. The minimum Gasteiger partial charge on any atom is -0.349 e. The summed E-state index contributed by atoms with van der Waals surface area (Å²) >= 11 is 0. The fourth-order valence-electron chi connectivity index (χ4n) is 3.39. The van der Waals surface area contributed by atoms with Gasteiger partial charge in [-0.1, -0.05) is 37.3 Å². The van der Waals surface area contributed by atoms with Gasteiger partial charge in [0.2, 0.25) is 0 Å². The summed E-state index contributed by atoms with van der Waals surface area (Å²) in [6.45, 7) is 5.89. The van der Waals surface area contributed by atoms with E-state index in [1.165, 1.54) is 5.56 Å². The van der Waals surface area contributed by atoms with E-state index in [-0.39, 0.29) is 24.4 Å². The second-order valence-electron chi connectivity index (χ2n) is 6.55. The molecule has 0 saturated carbocycles. The largest absolute Gasteiger partial charge is 0.349 e. The van der Waals surface area contributed by atoms with Gasteiger partial charge < -0.3 is 10.6 Å². The molecule has 0 aliphatic carbocycles. The van der Waals surface area contributed by atoms with Gasteiger partial charge in [0.05, 0.1) is 24.0 Å². The third-order valence-electron chi connectivity index (χ3n) is 4.66. The van der Waals surface area contributed by atoms with Crippen molar-refractivity contribution in [3.05, 3.63) is 53.3 Å². The smallest absolute Gasteiger partial charge is 0.254 e. The fourth-order valence-corrected chi connectivity index (χ4v) is 3.39. The van der Waals surface area contributed by atoms with Crippen molar-refractivity contribution in [1.82, 2.24) is 20.4 Å². The van der Waals surface area contributed by atoms with Crippen LogP contribution in [-0.2, 0) is 13.0 Å². The SMILES string of the molecule is CCc1c(C(=O)NC2CCNC(C)C2)cnn1Cc1ccccc1.Cl. The topological polar surface area (TPSA) is 59.0 Å². The van der Waals surface area contributed by atoms with Gasteiger partial charge in [-0.05, 0) is 38.3 Å². The lowest BCUT2D eigenvalue weighted by molar-refractivity contribution is 0.0924. The Morgan fingerprint density at radius 3 is 2.80 bits per heavy atom. The van der Waals surface area contributed by atoms with Crippen LogP contribution in [0.4, 0.5) is 0 Å². The molecule has 2 heterocycles. The summed E-state index contributed by atoms with van der Waals surface area (Å²) < 4.78 is 1.94. The molecule has 25 heavy (non-hydrogen) atoms. The molecule has 0 bridgehead atoms. The first kappa shape index (κ1) is 19.5. The Labute approximate surface area is 155 Å². The molecule has 2 aromatic rings. The number of rotatable bonds is 5. The molecule has 3 rings (SSSR count). The summed E-state index contributed by atoms with van der Waals surface area (Å²) in [4.78, 5) is 12.7. The van der Waals surface area contributed by atoms with Gasteiger partial charge in [0.25, 0.3) is 5.91 Å². The molecule has 1 aliphatic rings. The van der Waals surface area contributed by atoms with Crippen LogP contribution in [0.2, 0.25) is 0 Å². The van der Waals surface area contributed by atoms with E-state index in [1.807, 2.05) is 22.9 Å². The van der Waals surface area contributed by atoms with Gasteiger partial charge in [-0.3, -0.25) is 9.48 Å². The molecule has 1 aromatic carbocycles. The highest BCUT2D eigenvalue weighted by Gasteiger charge is 2.23. The highest BCUT2D eigenvalue weighted by atomic mass is 35.5. The van der Waals surface area contributed by atoms with E-state index in [2.05, 4.69) is 41.7 Å². The van der Waals surface area contributed by atoms with Crippen molar-refractivity contribution in [2.45, 2.75) is 51.7 Å². The van der Waals surface area contributed by atoms with E-state index in [0.717, 1.165) is 31.5 Å². The molecule has 6 heteroatoms. The number of nitrogens with one attached hydrogen (secondary N) is 2. The molecule has 136 valence electrons. The second-order valence-corrected chi connectivity index (χ2v) is 6.55. The Morgan fingerprint density at radius 1 is 1.36 bits per heavy atom. The van der Waals surface area contributed by atoms with Crippen LogP contribution in [0.3, 0.4) is 0 Å². The maximum absolute atomic E-state index is 12.7. The Balaban J connectivity index is 0.00000225. The predicted octanol–water partition coefficient (Wildman–Crippen LogP) is 2.79. The quantitative estimate of drug-likeness (QED) is 0.859. The molecule has 1 fully saturated rings. The zero-order chi connectivity index (χ0) is 16.9. The van der Waals surface area contributed by atoms with Crippen LogP contribution in [0.5, 0.6) is 0 Å². The predicted molar refractivity (Wildman–Crippen MR) is 102 cm³/mol. The molecule has 1 aliphatic heterocycles. The Kier molecular flexibility index (Phi) is 7.02. The van der Waals surface area contributed by atoms with Crippen LogP contribution in [-0.4, -0.2) is 34.3 Å². The zero-order valence-electron chi connectivity index (χ0n) is 14.9. The van der Waals surface area contributed by atoms with E-state index in [1.54, 1.807) is 6.20 Å². The lowest BCUT2D eigenvalue weighted by Gasteiger charge is -2.28. The number of hydrogen-bond acceptors (Lipinski definition) is 3. The monoisotopic (exact) mass is 362 g/mol. The number of aromatic nitrogens is 2. The average molecular weight is 363 g/mol. The van der Waals surface area contributed by atoms with Gasteiger partial charge in [-0.25, -0.2) is 0 Å². The van der Waals surface area contributed by atoms with Crippen LogP contribution >= 0.6 is 12.4 Å². The lowest BCUT2D eigenvalue weighted by atomic mass is 10.00. The fraction of sp³-hybridized carbons (Fsp3) is 0.474. The molecule has 2 N–H and O–H groups in total. The number of benzene rings is 1. The van der Waals surface area contributed by atoms with Gasteiger partial charge in [0, 0.05) is 12.1 Å². The highest BCUT2D eigenvalue weighted by molar-refractivity contribution is 5.95. The third-order valence-corrected chi connectivity index (χ3v) is 4.66. The number of nitrogens with zero attached hydrogens (tertiary/aromatic N) is 2. The number of halogens is 1. The molecule has 5 nitrogen and oxygen atoms in total. The molecule has 1 amide bonds. The third kappa shape index (κ3) is 4.83. The number of carbonyl (C=O) groups is 1. The summed E-state index contributed by atoms with van der Waals surface area (Å²) in [5, 5.41) is 11.1. The normalized spacial score (nSPS) is 19.9. The van der Waals surface area contributed by atoms with Crippen molar-refractivity contribution in [1.29, 1.82) is 0 Å². The van der Waals surface area contributed by atoms with Crippen molar-refractivity contribution in [3.8, 4) is 0 Å². The summed E-state index contributed by atoms with van der Waals surface area (Å²) in [6, 6.07) is 10.9. The van der Waals surface area contributed by atoms with E-state index < -0.39 is 0 Å². The first-order chi connectivity index (χ1) is 11.7. The molecule has 2 unspecified atom stereocenters. The molecule has 0 spiro atoms. The molecule has 0 radical (unpaired) electrons. The van der Waals surface area contributed by atoms with Crippen molar-refractivity contribution in [3.63, 3.8) is 0 Å². The van der Waals surface area contributed by atoms with Crippen LogP contribution in [0.25, 0.3) is 0 Å². The Morgan fingerprint density at radius 2 is 2.12 bits per heavy atom. The van der Waals surface area contributed by atoms with Crippen LogP contribution in [0.1, 0.15) is 48.3 Å². The van der Waals surface area contributed by atoms with E-state index in [4.69, 9.17) is 0 Å². The average Bonchev–Trinajstić information content (AvgIpc) is 2.98. The standard InChI is InChI=1S/C19H26N4O.ClH/c1-3-18-17(19(24)22-16-9-10-20-14(2)11-16)12-21-23(18)13-15-7-5-4-6-8-15;/h4-8,12,14,16,20H,3,9-11,13H2,1-2H3,(H,22,24);1H. The van der Waals surface area contributed by atoms with Gasteiger partial charge >= 0.3 is 0 Å². The minimum absolute atomic E-state index is 0. The maximum atomic E-state index is 12.7. The van der Waals surface area contributed by atoms with Gasteiger partial charge in [0.1, 0.15) is 0 Å².